The lowest BCUT2D eigenvalue weighted by molar-refractivity contribution is -0.123. The molecular weight excluding hydrogens is 588 g/mol. The van der Waals surface area contributed by atoms with Crippen LogP contribution < -0.4 is 16.4 Å². The maximum absolute atomic E-state index is 12.4. The first-order valence-corrected chi connectivity index (χ1v) is 14.1. The van der Waals surface area contributed by atoms with Crippen molar-refractivity contribution in [3.8, 4) is 0 Å². The second kappa shape index (κ2) is 22.4. The molecule has 226 valence electrons. The molecule has 1 rings (SSSR count). The molecule has 1 aromatic carbocycles. The number of carbonyl (C=O) groups is 2. The molecule has 2 amide bonds. The second-order valence-corrected chi connectivity index (χ2v) is 9.62. The van der Waals surface area contributed by atoms with Gasteiger partial charge < -0.3 is 40.1 Å². The van der Waals surface area contributed by atoms with Gasteiger partial charge in [-0.05, 0) is 49.4 Å². The number of benzene rings is 1. The summed E-state index contributed by atoms with van der Waals surface area (Å²) >= 11 is 3.55. The number of halogens is 1. The highest BCUT2D eigenvalue weighted by atomic mass is 79.9. The van der Waals surface area contributed by atoms with Gasteiger partial charge in [0, 0.05) is 34.6 Å². The predicted octanol–water partition coefficient (Wildman–Crippen LogP) is 2.93. The summed E-state index contributed by atoms with van der Waals surface area (Å²) in [7, 11) is 0. The van der Waals surface area contributed by atoms with E-state index in [0.717, 1.165) is 26.9 Å². The van der Waals surface area contributed by atoms with Crippen molar-refractivity contribution >= 4 is 33.4 Å². The molecule has 0 aromatic heterocycles. The molecule has 0 aliphatic heterocycles. The molecule has 13 nitrogen and oxygen atoms in total. The Morgan fingerprint density at radius 1 is 0.925 bits per heavy atom. The number of nitrogens with zero attached hydrogens (tertiary/aromatic N) is 3. The molecule has 0 saturated carbocycles. The second-order valence-electron chi connectivity index (χ2n) is 8.83. The van der Waals surface area contributed by atoms with E-state index < -0.39 is 6.04 Å². The fraction of sp³-hybridized carbons (Fsp3) is 0.692. The number of nitrogens with one attached hydrogen (secondary N) is 2. The Hall–Kier alpha value is -2.29. The topological polar surface area (TPSA) is 179 Å². The highest BCUT2D eigenvalue weighted by molar-refractivity contribution is 9.10. The zero-order chi connectivity index (χ0) is 29.6. The number of nitrogens with two attached hydrogens (primary N) is 1. The van der Waals surface area contributed by atoms with E-state index in [9.17, 15) is 9.59 Å². The van der Waals surface area contributed by atoms with E-state index >= 15 is 0 Å². The van der Waals surface area contributed by atoms with Crippen LogP contribution in [0.4, 0.5) is 5.69 Å². The van der Waals surface area contributed by atoms with Gasteiger partial charge in [-0.25, -0.2) is 0 Å². The zero-order valence-corrected chi connectivity index (χ0v) is 25.3. The Morgan fingerprint density at radius 3 is 2.00 bits per heavy atom. The van der Waals surface area contributed by atoms with Gasteiger partial charge in [-0.2, -0.15) is 0 Å². The smallest absolute Gasteiger partial charge is 0.237 e. The van der Waals surface area contributed by atoms with E-state index in [2.05, 4.69) is 36.6 Å². The molecule has 4 N–H and O–H groups in total. The van der Waals surface area contributed by atoms with Gasteiger partial charge in [0.25, 0.3) is 0 Å². The summed E-state index contributed by atoms with van der Waals surface area (Å²) in [4.78, 5) is 27.2. The number of aryl methyl sites for hydroxylation is 2. The first-order chi connectivity index (χ1) is 19.3. The summed E-state index contributed by atoms with van der Waals surface area (Å²) in [6.45, 7) is 10.7. The normalized spacial score (nSPS) is 11.6. The summed E-state index contributed by atoms with van der Waals surface area (Å²) < 4.78 is 27.8. The van der Waals surface area contributed by atoms with Crippen LogP contribution >= 0.6 is 15.9 Å². The number of anilines is 1. The van der Waals surface area contributed by atoms with Crippen LogP contribution in [-0.4, -0.2) is 97.0 Å². The predicted molar refractivity (Wildman–Crippen MR) is 155 cm³/mol. The quantitative estimate of drug-likeness (QED) is 0.0714. The molecule has 1 atom stereocenters. The molecule has 0 spiro atoms. The number of hydrogen-bond acceptors (Lipinski definition) is 9. The van der Waals surface area contributed by atoms with Gasteiger partial charge >= 0.3 is 0 Å². The van der Waals surface area contributed by atoms with E-state index in [-0.39, 0.29) is 24.7 Å². The van der Waals surface area contributed by atoms with Gasteiger partial charge in [-0.3, -0.25) is 9.59 Å². The van der Waals surface area contributed by atoms with Gasteiger partial charge in [-0.1, -0.05) is 27.1 Å². The van der Waals surface area contributed by atoms with Gasteiger partial charge in [-0.15, -0.1) is 0 Å². The van der Waals surface area contributed by atoms with Crippen molar-refractivity contribution in [1.82, 2.24) is 5.32 Å². The fourth-order valence-corrected chi connectivity index (χ4v) is 3.80. The minimum Gasteiger partial charge on any atom is -0.379 e. The SMILES string of the molecule is Cc1cc(C)c(NC(=O)CC[C@H](N)C(=O)NCCOCCOCCOCCOCCOCCN=[N+]=[N-])c(C)c1Br. The van der Waals surface area contributed by atoms with Crippen LogP contribution in [0, 0.1) is 20.8 Å². The van der Waals surface area contributed by atoms with E-state index in [1.54, 1.807) is 0 Å². The summed E-state index contributed by atoms with van der Waals surface area (Å²) in [6.07, 6.45) is 0.375. The van der Waals surface area contributed by atoms with Gasteiger partial charge in [0.2, 0.25) is 11.8 Å². The fourth-order valence-electron chi connectivity index (χ4n) is 3.48. The van der Waals surface area contributed by atoms with E-state index in [0.29, 0.717) is 79.2 Å². The summed E-state index contributed by atoms with van der Waals surface area (Å²) in [5.41, 5.74) is 17.9. The first-order valence-electron chi connectivity index (χ1n) is 13.3. The molecule has 0 radical (unpaired) electrons. The lowest BCUT2D eigenvalue weighted by Crippen LogP contribution is -2.42. The molecule has 14 heteroatoms. The van der Waals surface area contributed by atoms with Crippen molar-refractivity contribution in [1.29, 1.82) is 0 Å². The Labute approximate surface area is 244 Å². The number of hydrogen-bond donors (Lipinski definition) is 3. The summed E-state index contributed by atoms with van der Waals surface area (Å²) in [5, 5.41) is 9.01. The largest absolute Gasteiger partial charge is 0.379 e. The molecular formula is C26H43BrN6O7. The number of rotatable bonds is 23. The average Bonchev–Trinajstić information content (AvgIpc) is 2.93. The van der Waals surface area contributed by atoms with E-state index in [1.165, 1.54) is 0 Å². The Bertz CT molecular complexity index is 947. The molecule has 0 aliphatic carbocycles. The first kappa shape index (κ1) is 35.7. The van der Waals surface area contributed by atoms with Crippen LogP contribution in [0.3, 0.4) is 0 Å². The minimum absolute atomic E-state index is 0.139. The number of azide groups is 1. The van der Waals surface area contributed by atoms with Crippen molar-refractivity contribution in [3.63, 3.8) is 0 Å². The van der Waals surface area contributed by atoms with Crippen LogP contribution in [0.25, 0.3) is 10.4 Å². The number of ether oxygens (including phenoxy) is 5. The monoisotopic (exact) mass is 630 g/mol. The van der Waals surface area contributed by atoms with Crippen LogP contribution in [-0.2, 0) is 33.3 Å². The Kier molecular flexibility index (Phi) is 20.0. The van der Waals surface area contributed by atoms with Crippen LogP contribution in [0.5, 0.6) is 0 Å². The van der Waals surface area contributed by atoms with Crippen LogP contribution in [0.2, 0.25) is 0 Å². The van der Waals surface area contributed by atoms with Crippen LogP contribution in [0.1, 0.15) is 29.5 Å². The molecule has 40 heavy (non-hydrogen) atoms. The zero-order valence-electron chi connectivity index (χ0n) is 23.7. The van der Waals surface area contributed by atoms with E-state index in [1.807, 2.05) is 26.8 Å². The third-order valence-electron chi connectivity index (χ3n) is 5.59. The molecule has 0 heterocycles. The molecule has 0 fully saturated rings. The van der Waals surface area contributed by atoms with Crippen molar-refractivity contribution in [2.24, 2.45) is 10.8 Å². The highest BCUT2D eigenvalue weighted by Crippen LogP contribution is 2.30. The number of carbonyl (C=O) groups excluding carboxylic acids is 2. The molecule has 0 bridgehead atoms. The molecule has 0 unspecified atom stereocenters. The van der Waals surface area contributed by atoms with Crippen molar-refractivity contribution in [3.05, 3.63) is 37.7 Å². The Balaban J connectivity index is 1.97. The third kappa shape index (κ3) is 16.1. The lowest BCUT2D eigenvalue weighted by atomic mass is 10.0. The van der Waals surface area contributed by atoms with Gasteiger partial charge in [0.05, 0.1) is 72.1 Å². The van der Waals surface area contributed by atoms with Gasteiger partial charge in [0.15, 0.2) is 0 Å². The van der Waals surface area contributed by atoms with Crippen LogP contribution in [0.15, 0.2) is 15.7 Å². The van der Waals surface area contributed by atoms with E-state index in [4.69, 9.17) is 34.9 Å². The minimum atomic E-state index is -0.782. The maximum atomic E-state index is 12.4. The standard InChI is InChI=1S/C26H43BrN6O7/c1-19-18-20(2)25(21(3)24(19)27)32-23(34)5-4-22(28)26(35)30-6-8-36-10-12-38-14-16-40-17-15-39-13-11-37-9-7-31-33-29/h18,22H,4-17,28H2,1-3H3,(H,30,35)(H,32,34)/t22-/m0/s1. The van der Waals surface area contributed by atoms with Crippen molar-refractivity contribution in [2.45, 2.75) is 39.7 Å². The van der Waals surface area contributed by atoms with Gasteiger partial charge in [0.1, 0.15) is 0 Å². The molecule has 0 saturated heterocycles. The third-order valence-corrected chi connectivity index (χ3v) is 6.81. The molecule has 1 aromatic rings. The maximum Gasteiger partial charge on any atom is 0.237 e. The summed E-state index contributed by atoms with van der Waals surface area (Å²) in [5.74, 6) is -0.508. The lowest BCUT2D eigenvalue weighted by Gasteiger charge is -2.16. The summed E-state index contributed by atoms with van der Waals surface area (Å²) in [6, 6.07) is 1.22. The molecule has 0 aliphatic rings. The highest BCUT2D eigenvalue weighted by Gasteiger charge is 2.16. The number of amides is 2. The van der Waals surface area contributed by atoms with Crippen molar-refractivity contribution < 1.29 is 33.3 Å². The average molecular weight is 632 g/mol. The van der Waals surface area contributed by atoms with Crippen molar-refractivity contribution in [2.75, 3.05) is 84.5 Å². The Morgan fingerprint density at radius 2 is 1.45 bits per heavy atom.